The van der Waals surface area contributed by atoms with E-state index in [0.717, 1.165) is 12.1 Å². The summed E-state index contributed by atoms with van der Waals surface area (Å²) in [7, 11) is 0. The van der Waals surface area contributed by atoms with E-state index in [1.165, 1.54) is 6.07 Å². The molecule has 0 aliphatic heterocycles. The van der Waals surface area contributed by atoms with Crippen molar-refractivity contribution in [2.24, 2.45) is 0 Å². The molecule has 0 saturated heterocycles. The molecule has 0 aromatic heterocycles. The molecule has 0 bridgehead atoms. The largest absolute Gasteiger partial charge is 0.484 e. The van der Waals surface area contributed by atoms with E-state index in [1.54, 1.807) is 44.2 Å². The summed E-state index contributed by atoms with van der Waals surface area (Å²) in [5.74, 6) is 0.0562. The highest BCUT2D eigenvalue weighted by Crippen LogP contribution is 2.32. The number of ether oxygens (including phenoxy) is 1. The van der Waals surface area contributed by atoms with Gasteiger partial charge in [0.25, 0.3) is 5.91 Å². The van der Waals surface area contributed by atoms with Crippen LogP contribution < -0.4 is 10.1 Å². The minimum atomic E-state index is -4.41. The number of benzene rings is 2. The van der Waals surface area contributed by atoms with E-state index in [4.69, 9.17) is 10.00 Å². The van der Waals surface area contributed by atoms with Gasteiger partial charge in [0.15, 0.2) is 6.61 Å². The molecular formula is C20H19F3N2O2. The second-order valence-corrected chi connectivity index (χ2v) is 6.66. The lowest BCUT2D eigenvalue weighted by molar-refractivity contribution is -0.137. The van der Waals surface area contributed by atoms with Crippen LogP contribution in [0.4, 0.5) is 13.2 Å². The molecule has 7 heteroatoms. The number of hydrogen-bond acceptors (Lipinski definition) is 3. The first kappa shape index (κ1) is 20.3. The first-order valence-electron chi connectivity index (χ1n) is 8.19. The number of carbonyl (C=O) groups is 1. The molecule has 0 saturated carbocycles. The second kappa shape index (κ2) is 8.12. The molecule has 0 unspecified atom stereocenters. The van der Waals surface area contributed by atoms with E-state index in [9.17, 15) is 18.0 Å². The van der Waals surface area contributed by atoms with Crippen molar-refractivity contribution in [3.63, 3.8) is 0 Å². The predicted octanol–water partition coefficient (Wildman–Crippen LogP) is 4.05. The van der Waals surface area contributed by atoms with E-state index in [-0.39, 0.29) is 19.1 Å². The molecule has 4 nitrogen and oxygen atoms in total. The van der Waals surface area contributed by atoms with Gasteiger partial charge in [0.1, 0.15) is 5.75 Å². The van der Waals surface area contributed by atoms with E-state index < -0.39 is 17.2 Å². The zero-order valence-corrected chi connectivity index (χ0v) is 14.9. The predicted molar refractivity (Wildman–Crippen MR) is 94.1 cm³/mol. The van der Waals surface area contributed by atoms with Crippen molar-refractivity contribution in [2.45, 2.75) is 25.4 Å². The molecule has 0 aliphatic carbocycles. The molecule has 142 valence electrons. The highest BCUT2D eigenvalue weighted by Gasteiger charge is 2.32. The van der Waals surface area contributed by atoms with Crippen molar-refractivity contribution in [1.82, 2.24) is 5.32 Å². The molecule has 1 amide bonds. The number of nitriles is 1. The van der Waals surface area contributed by atoms with Crippen LogP contribution in [0.25, 0.3) is 0 Å². The zero-order chi connectivity index (χ0) is 20.1. The maximum Gasteiger partial charge on any atom is 0.416 e. The molecule has 2 aromatic carbocycles. The molecule has 0 heterocycles. The van der Waals surface area contributed by atoms with Crippen molar-refractivity contribution in [3.05, 3.63) is 65.2 Å². The van der Waals surface area contributed by atoms with Crippen molar-refractivity contribution >= 4 is 5.91 Å². The van der Waals surface area contributed by atoms with E-state index in [2.05, 4.69) is 5.32 Å². The molecular weight excluding hydrogens is 357 g/mol. The van der Waals surface area contributed by atoms with Crippen LogP contribution in [0, 0.1) is 11.3 Å². The van der Waals surface area contributed by atoms with Crippen molar-refractivity contribution in [1.29, 1.82) is 5.26 Å². The fraction of sp³-hybridized carbons (Fsp3) is 0.300. The van der Waals surface area contributed by atoms with Gasteiger partial charge >= 0.3 is 6.18 Å². The van der Waals surface area contributed by atoms with Crippen LogP contribution in [-0.2, 0) is 16.4 Å². The Kier molecular flexibility index (Phi) is 6.11. The van der Waals surface area contributed by atoms with Gasteiger partial charge in [-0.2, -0.15) is 18.4 Å². The monoisotopic (exact) mass is 376 g/mol. The van der Waals surface area contributed by atoms with Crippen molar-refractivity contribution in [3.8, 4) is 11.8 Å². The fourth-order valence-electron chi connectivity index (χ4n) is 2.36. The van der Waals surface area contributed by atoms with Gasteiger partial charge in [-0.05, 0) is 35.9 Å². The summed E-state index contributed by atoms with van der Waals surface area (Å²) in [5, 5.41) is 11.4. The third-order valence-electron chi connectivity index (χ3n) is 4.05. The standard InChI is InChI=1S/C20H19F3N2O2/c1-19(2,15-4-3-5-16(10-15)20(21,22)23)13-25-18(26)12-27-17-8-6-14(11-24)7-9-17/h3-10H,12-13H2,1-2H3,(H,25,26). The van der Waals surface area contributed by atoms with Gasteiger partial charge in [-0.3, -0.25) is 4.79 Å². The van der Waals surface area contributed by atoms with Gasteiger partial charge in [-0.15, -0.1) is 0 Å². The van der Waals surface area contributed by atoms with Crippen LogP contribution in [0.1, 0.15) is 30.5 Å². The van der Waals surface area contributed by atoms with E-state index in [1.807, 2.05) is 6.07 Å². The van der Waals surface area contributed by atoms with Gasteiger partial charge in [-0.25, -0.2) is 0 Å². The van der Waals surface area contributed by atoms with Crippen LogP contribution in [0.15, 0.2) is 48.5 Å². The smallest absolute Gasteiger partial charge is 0.416 e. The van der Waals surface area contributed by atoms with Crippen LogP contribution in [0.5, 0.6) is 5.75 Å². The minimum absolute atomic E-state index is 0.157. The van der Waals surface area contributed by atoms with Gasteiger partial charge in [-0.1, -0.05) is 32.0 Å². The number of rotatable bonds is 6. The summed E-state index contributed by atoms with van der Waals surface area (Å²) in [6.45, 7) is 3.43. The third kappa shape index (κ3) is 5.74. The molecule has 0 spiro atoms. The van der Waals surface area contributed by atoms with Crippen molar-refractivity contribution in [2.75, 3.05) is 13.2 Å². The van der Waals surface area contributed by atoms with Crippen LogP contribution in [-0.4, -0.2) is 19.1 Å². The number of alkyl halides is 3. The lowest BCUT2D eigenvalue weighted by Gasteiger charge is -2.26. The number of amides is 1. The molecule has 0 fully saturated rings. The Morgan fingerprint density at radius 3 is 2.33 bits per heavy atom. The highest BCUT2D eigenvalue weighted by atomic mass is 19.4. The Hall–Kier alpha value is -3.01. The molecule has 2 aromatic rings. The van der Waals surface area contributed by atoms with E-state index >= 15 is 0 Å². The summed E-state index contributed by atoms with van der Waals surface area (Å²) in [4.78, 5) is 12.0. The van der Waals surface area contributed by atoms with Gasteiger partial charge in [0.05, 0.1) is 17.2 Å². The first-order valence-corrected chi connectivity index (χ1v) is 8.19. The molecule has 0 radical (unpaired) electrons. The minimum Gasteiger partial charge on any atom is -0.484 e. The lowest BCUT2D eigenvalue weighted by Crippen LogP contribution is -2.39. The Morgan fingerprint density at radius 1 is 1.11 bits per heavy atom. The number of halogens is 3. The topological polar surface area (TPSA) is 62.1 Å². The van der Waals surface area contributed by atoms with Crippen LogP contribution in [0.2, 0.25) is 0 Å². The summed E-state index contributed by atoms with van der Waals surface area (Å²) < 4.78 is 44.0. The third-order valence-corrected chi connectivity index (χ3v) is 4.05. The Morgan fingerprint density at radius 2 is 1.74 bits per heavy atom. The second-order valence-electron chi connectivity index (χ2n) is 6.66. The average Bonchev–Trinajstić information content (AvgIpc) is 2.64. The quantitative estimate of drug-likeness (QED) is 0.827. The highest BCUT2D eigenvalue weighted by molar-refractivity contribution is 5.77. The lowest BCUT2D eigenvalue weighted by atomic mass is 9.83. The summed E-state index contributed by atoms with van der Waals surface area (Å²) in [6.07, 6.45) is -4.41. The normalized spacial score (nSPS) is 11.6. The molecule has 2 rings (SSSR count). The van der Waals surface area contributed by atoms with E-state index in [0.29, 0.717) is 16.9 Å². The molecule has 27 heavy (non-hydrogen) atoms. The SMILES string of the molecule is CC(C)(CNC(=O)COc1ccc(C#N)cc1)c1cccc(C(F)(F)F)c1. The summed E-state index contributed by atoms with van der Waals surface area (Å²) in [5.41, 5.74) is -0.449. The number of nitrogens with one attached hydrogen (secondary N) is 1. The average molecular weight is 376 g/mol. The molecule has 1 N–H and O–H groups in total. The molecule has 0 aliphatic rings. The Bertz CT molecular complexity index is 838. The zero-order valence-electron chi connectivity index (χ0n) is 14.9. The summed E-state index contributed by atoms with van der Waals surface area (Å²) >= 11 is 0. The van der Waals surface area contributed by atoms with Gasteiger partial charge < -0.3 is 10.1 Å². The van der Waals surface area contributed by atoms with Gasteiger partial charge in [0.2, 0.25) is 0 Å². The number of carbonyl (C=O) groups excluding carboxylic acids is 1. The van der Waals surface area contributed by atoms with Crippen molar-refractivity contribution < 1.29 is 22.7 Å². The van der Waals surface area contributed by atoms with Crippen LogP contribution >= 0.6 is 0 Å². The fourth-order valence-corrected chi connectivity index (χ4v) is 2.36. The first-order chi connectivity index (χ1) is 12.6. The van der Waals surface area contributed by atoms with Gasteiger partial charge in [0, 0.05) is 12.0 Å². The van der Waals surface area contributed by atoms with Crippen LogP contribution in [0.3, 0.4) is 0 Å². The Labute approximate surface area is 155 Å². The Balaban J connectivity index is 1.92. The maximum atomic E-state index is 12.9. The maximum absolute atomic E-state index is 12.9. The molecule has 0 atom stereocenters. The number of nitrogens with zero attached hydrogens (tertiary/aromatic N) is 1. The summed E-state index contributed by atoms with van der Waals surface area (Å²) in [6, 6.07) is 13.4. The number of hydrogen-bond donors (Lipinski definition) is 1.